The van der Waals surface area contributed by atoms with Crippen LogP contribution in [0.1, 0.15) is 16.8 Å². The summed E-state index contributed by atoms with van der Waals surface area (Å²) in [7, 11) is 2.11. The van der Waals surface area contributed by atoms with Gasteiger partial charge < -0.3 is 21.3 Å². The van der Waals surface area contributed by atoms with Gasteiger partial charge in [-0.15, -0.1) is 0 Å². The number of carbonyl (C=O) groups is 1. The summed E-state index contributed by atoms with van der Waals surface area (Å²) in [5.74, 6) is -0.400. The van der Waals surface area contributed by atoms with E-state index in [1.54, 1.807) is 12.1 Å². The van der Waals surface area contributed by atoms with Crippen LogP contribution in [0.2, 0.25) is 0 Å². The summed E-state index contributed by atoms with van der Waals surface area (Å²) in [6, 6.07) is 5.26. The van der Waals surface area contributed by atoms with Crippen molar-refractivity contribution in [2.24, 2.45) is 5.73 Å². The molecule has 0 aliphatic carbocycles. The molecule has 2 rings (SSSR count). The second-order valence-electron chi connectivity index (χ2n) is 4.78. The van der Waals surface area contributed by atoms with E-state index >= 15 is 0 Å². The highest BCUT2D eigenvalue weighted by Crippen LogP contribution is 2.24. The van der Waals surface area contributed by atoms with E-state index in [1.807, 2.05) is 6.07 Å². The number of carbonyl (C=O) groups excluding carboxylic acids is 1. The molecule has 0 unspecified atom stereocenters. The van der Waals surface area contributed by atoms with E-state index in [-0.39, 0.29) is 0 Å². The van der Waals surface area contributed by atoms with Gasteiger partial charge in [-0.3, -0.25) is 4.79 Å². The van der Waals surface area contributed by atoms with Gasteiger partial charge in [0, 0.05) is 25.3 Å². The van der Waals surface area contributed by atoms with Crippen molar-refractivity contribution in [2.75, 3.05) is 43.9 Å². The summed E-state index contributed by atoms with van der Waals surface area (Å²) in [6.45, 7) is 3.87. The maximum Gasteiger partial charge on any atom is 0.250 e. The van der Waals surface area contributed by atoms with Gasteiger partial charge in [0.05, 0.1) is 11.3 Å². The number of rotatable bonds is 2. The number of hydrogen-bond acceptors (Lipinski definition) is 4. The molecule has 5 heteroatoms. The monoisotopic (exact) mass is 248 g/mol. The molecule has 98 valence electrons. The van der Waals surface area contributed by atoms with E-state index in [1.165, 1.54) is 0 Å². The first kappa shape index (κ1) is 12.7. The first-order valence-corrected chi connectivity index (χ1v) is 6.21. The lowest BCUT2D eigenvalue weighted by molar-refractivity contribution is 0.100. The maximum atomic E-state index is 11.5. The average Bonchev–Trinajstić information content (AvgIpc) is 2.53. The predicted octanol–water partition coefficient (Wildman–Crippen LogP) is 0.510. The largest absolute Gasteiger partial charge is 0.399 e. The van der Waals surface area contributed by atoms with Gasteiger partial charge in [0.1, 0.15) is 0 Å². The number of primary amides is 1. The summed E-state index contributed by atoms with van der Waals surface area (Å²) in [5.41, 5.74) is 13.3. The fourth-order valence-electron chi connectivity index (χ4n) is 2.31. The van der Waals surface area contributed by atoms with Crippen LogP contribution in [0.4, 0.5) is 11.4 Å². The molecule has 1 amide bonds. The summed E-state index contributed by atoms with van der Waals surface area (Å²) in [6.07, 6.45) is 1.07. The predicted molar refractivity (Wildman–Crippen MR) is 73.7 cm³/mol. The van der Waals surface area contributed by atoms with Crippen LogP contribution in [0, 0.1) is 0 Å². The van der Waals surface area contributed by atoms with Crippen molar-refractivity contribution in [2.45, 2.75) is 6.42 Å². The van der Waals surface area contributed by atoms with E-state index in [4.69, 9.17) is 11.5 Å². The van der Waals surface area contributed by atoms with Gasteiger partial charge in [-0.2, -0.15) is 0 Å². The standard InChI is InChI=1S/C13H20N4O/c1-16-5-2-6-17(8-7-16)12-9-10(14)3-4-11(12)13(15)18/h3-4,9H,2,5-8,14H2,1H3,(H2,15,18). The van der Waals surface area contributed by atoms with Gasteiger partial charge in [-0.25, -0.2) is 0 Å². The van der Waals surface area contributed by atoms with E-state index in [9.17, 15) is 4.79 Å². The van der Waals surface area contributed by atoms with Crippen LogP contribution in [0.25, 0.3) is 0 Å². The van der Waals surface area contributed by atoms with Crippen LogP contribution in [0.3, 0.4) is 0 Å². The van der Waals surface area contributed by atoms with Gasteiger partial charge in [0.15, 0.2) is 0 Å². The zero-order valence-electron chi connectivity index (χ0n) is 10.7. The second-order valence-corrected chi connectivity index (χ2v) is 4.78. The number of benzene rings is 1. The molecule has 0 atom stereocenters. The quantitative estimate of drug-likeness (QED) is 0.748. The molecule has 1 heterocycles. The Bertz CT molecular complexity index is 447. The molecule has 18 heavy (non-hydrogen) atoms. The number of nitrogen functional groups attached to an aromatic ring is 1. The van der Waals surface area contributed by atoms with Crippen LogP contribution in [-0.2, 0) is 0 Å². The van der Waals surface area contributed by atoms with Gasteiger partial charge in [-0.05, 0) is 38.2 Å². The van der Waals surface area contributed by atoms with Crippen molar-refractivity contribution >= 4 is 17.3 Å². The van der Waals surface area contributed by atoms with E-state index in [0.29, 0.717) is 11.3 Å². The van der Waals surface area contributed by atoms with Crippen LogP contribution in [0.5, 0.6) is 0 Å². The Kier molecular flexibility index (Phi) is 3.72. The molecule has 1 aromatic carbocycles. The van der Waals surface area contributed by atoms with Crippen LogP contribution in [-0.4, -0.2) is 44.0 Å². The number of nitrogens with two attached hydrogens (primary N) is 2. The summed E-state index contributed by atoms with van der Waals surface area (Å²) < 4.78 is 0. The number of nitrogens with zero attached hydrogens (tertiary/aromatic N) is 2. The zero-order valence-corrected chi connectivity index (χ0v) is 10.7. The Labute approximate surface area is 107 Å². The zero-order chi connectivity index (χ0) is 13.1. The highest BCUT2D eigenvalue weighted by molar-refractivity contribution is 5.99. The fourth-order valence-corrected chi connectivity index (χ4v) is 2.31. The number of likely N-dealkylation sites (N-methyl/N-ethyl adjacent to an activating group) is 1. The fraction of sp³-hybridized carbons (Fsp3) is 0.462. The van der Waals surface area contributed by atoms with E-state index in [0.717, 1.165) is 38.3 Å². The Morgan fingerprint density at radius 2 is 2.00 bits per heavy atom. The topological polar surface area (TPSA) is 75.6 Å². The summed E-state index contributed by atoms with van der Waals surface area (Å²) >= 11 is 0. The third-order valence-electron chi connectivity index (χ3n) is 3.35. The van der Waals surface area contributed by atoms with Gasteiger partial charge in [0.2, 0.25) is 0 Å². The van der Waals surface area contributed by atoms with Crippen molar-refractivity contribution in [1.29, 1.82) is 0 Å². The molecule has 1 aliphatic heterocycles. The van der Waals surface area contributed by atoms with Crippen molar-refractivity contribution in [3.63, 3.8) is 0 Å². The lowest BCUT2D eigenvalue weighted by Crippen LogP contribution is -2.30. The Balaban J connectivity index is 2.30. The van der Waals surface area contributed by atoms with Crippen molar-refractivity contribution in [3.05, 3.63) is 23.8 Å². The SMILES string of the molecule is CN1CCCN(c2cc(N)ccc2C(N)=O)CC1. The highest BCUT2D eigenvalue weighted by Gasteiger charge is 2.17. The first-order valence-electron chi connectivity index (χ1n) is 6.21. The molecular weight excluding hydrogens is 228 g/mol. The molecule has 1 aromatic rings. The minimum absolute atomic E-state index is 0.400. The molecule has 0 radical (unpaired) electrons. The lowest BCUT2D eigenvalue weighted by Gasteiger charge is -2.25. The number of anilines is 2. The second kappa shape index (κ2) is 5.27. The van der Waals surface area contributed by atoms with Crippen LogP contribution >= 0.6 is 0 Å². The first-order chi connectivity index (χ1) is 8.58. The normalized spacial score (nSPS) is 17.5. The maximum absolute atomic E-state index is 11.5. The number of amides is 1. The molecular formula is C13H20N4O. The molecule has 1 saturated heterocycles. The lowest BCUT2D eigenvalue weighted by atomic mass is 10.1. The molecule has 0 spiro atoms. The number of hydrogen-bond donors (Lipinski definition) is 2. The molecule has 1 aliphatic rings. The van der Waals surface area contributed by atoms with Crippen LogP contribution < -0.4 is 16.4 Å². The average molecular weight is 248 g/mol. The van der Waals surface area contributed by atoms with Crippen LogP contribution in [0.15, 0.2) is 18.2 Å². The molecule has 5 nitrogen and oxygen atoms in total. The highest BCUT2D eigenvalue weighted by atomic mass is 16.1. The van der Waals surface area contributed by atoms with Gasteiger partial charge in [0.25, 0.3) is 5.91 Å². The summed E-state index contributed by atoms with van der Waals surface area (Å²) in [4.78, 5) is 16.0. The minimum atomic E-state index is -0.400. The van der Waals surface area contributed by atoms with Crippen molar-refractivity contribution < 1.29 is 4.79 Å². The van der Waals surface area contributed by atoms with E-state index in [2.05, 4.69) is 16.8 Å². The van der Waals surface area contributed by atoms with E-state index < -0.39 is 5.91 Å². The van der Waals surface area contributed by atoms with Gasteiger partial charge >= 0.3 is 0 Å². The molecule has 4 N–H and O–H groups in total. The van der Waals surface area contributed by atoms with Crippen molar-refractivity contribution in [1.82, 2.24) is 4.90 Å². The third-order valence-corrected chi connectivity index (χ3v) is 3.35. The Hall–Kier alpha value is -1.75. The summed E-state index contributed by atoms with van der Waals surface area (Å²) in [5, 5.41) is 0. The molecule has 1 fully saturated rings. The molecule has 0 bridgehead atoms. The third kappa shape index (κ3) is 2.73. The minimum Gasteiger partial charge on any atom is -0.399 e. The van der Waals surface area contributed by atoms with Crippen molar-refractivity contribution in [3.8, 4) is 0 Å². The molecule has 0 saturated carbocycles. The Morgan fingerprint density at radius 1 is 1.22 bits per heavy atom. The molecule has 0 aromatic heterocycles. The van der Waals surface area contributed by atoms with Gasteiger partial charge in [-0.1, -0.05) is 0 Å². The smallest absolute Gasteiger partial charge is 0.250 e. The Morgan fingerprint density at radius 3 is 2.72 bits per heavy atom.